The van der Waals surface area contributed by atoms with Crippen molar-refractivity contribution in [1.29, 1.82) is 0 Å². The fourth-order valence-corrected chi connectivity index (χ4v) is 2.81. The third-order valence-corrected chi connectivity index (χ3v) is 3.85. The van der Waals surface area contributed by atoms with Gasteiger partial charge in [-0.2, -0.15) is 0 Å². The van der Waals surface area contributed by atoms with Crippen LogP contribution in [0.1, 0.15) is 52.4 Å². The minimum absolute atomic E-state index is 0.00423. The first-order chi connectivity index (χ1) is 8.55. The molecular formula is C14H25NO3. The highest BCUT2D eigenvalue weighted by Gasteiger charge is 2.32. The lowest BCUT2D eigenvalue weighted by Gasteiger charge is -2.17. The molecule has 1 saturated carbocycles. The number of ether oxygens (including phenoxy) is 2. The van der Waals surface area contributed by atoms with Gasteiger partial charge in [-0.25, -0.2) is 0 Å². The second kappa shape index (κ2) is 6.02. The minimum Gasteiger partial charge on any atom is -0.353 e. The van der Waals surface area contributed by atoms with Gasteiger partial charge in [-0.15, -0.1) is 0 Å². The number of hydrogen-bond donors (Lipinski definition) is 1. The highest BCUT2D eigenvalue weighted by atomic mass is 16.7. The molecule has 0 radical (unpaired) electrons. The van der Waals surface area contributed by atoms with E-state index in [0.717, 1.165) is 12.3 Å². The van der Waals surface area contributed by atoms with Crippen LogP contribution in [0.4, 0.5) is 0 Å². The summed E-state index contributed by atoms with van der Waals surface area (Å²) in [7, 11) is 0. The predicted molar refractivity (Wildman–Crippen MR) is 69.1 cm³/mol. The lowest BCUT2D eigenvalue weighted by atomic mass is 10.0. The molecule has 1 aliphatic heterocycles. The van der Waals surface area contributed by atoms with Crippen molar-refractivity contribution in [3.8, 4) is 0 Å². The molecule has 0 aromatic carbocycles. The minimum atomic E-state index is -0.501. The lowest BCUT2D eigenvalue weighted by molar-refractivity contribution is -0.139. The molecule has 1 amide bonds. The van der Waals surface area contributed by atoms with Gasteiger partial charge in [-0.1, -0.05) is 25.7 Å². The van der Waals surface area contributed by atoms with Crippen molar-refractivity contribution in [2.45, 2.75) is 64.3 Å². The molecule has 0 spiro atoms. The van der Waals surface area contributed by atoms with Crippen LogP contribution < -0.4 is 5.32 Å². The third kappa shape index (κ3) is 4.25. The van der Waals surface area contributed by atoms with Gasteiger partial charge in [0.05, 0.1) is 6.61 Å². The fraction of sp³-hybridized carbons (Fsp3) is 0.929. The van der Waals surface area contributed by atoms with Crippen molar-refractivity contribution in [3.63, 3.8) is 0 Å². The number of carbonyl (C=O) groups excluding carboxylic acids is 1. The molecule has 1 N–H and O–H groups in total. The Kier molecular flexibility index (Phi) is 4.62. The Morgan fingerprint density at radius 2 is 2.06 bits per heavy atom. The van der Waals surface area contributed by atoms with Crippen molar-refractivity contribution in [3.05, 3.63) is 0 Å². The van der Waals surface area contributed by atoms with Gasteiger partial charge in [0.2, 0.25) is 5.91 Å². The molecule has 0 bridgehead atoms. The molecule has 2 fully saturated rings. The van der Waals surface area contributed by atoms with Crippen molar-refractivity contribution >= 4 is 5.91 Å². The van der Waals surface area contributed by atoms with E-state index in [2.05, 4.69) is 5.32 Å². The third-order valence-electron chi connectivity index (χ3n) is 3.85. The monoisotopic (exact) mass is 255 g/mol. The van der Waals surface area contributed by atoms with Crippen LogP contribution in [0.15, 0.2) is 0 Å². The molecule has 1 atom stereocenters. The van der Waals surface area contributed by atoms with Crippen LogP contribution in [0.5, 0.6) is 0 Å². The van der Waals surface area contributed by atoms with E-state index in [9.17, 15) is 4.79 Å². The summed E-state index contributed by atoms with van der Waals surface area (Å²) in [6.45, 7) is 4.92. The molecule has 0 aromatic heterocycles. The predicted octanol–water partition coefficient (Wildman–Crippen LogP) is 2.22. The number of amides is 1. The number of hydrogen-bond acceptors (Lipinski definition) is 3. The topological polar surface area (TPSA) is 47.6 Å². The van der Waals surface area contributed by atoms with E-state index in [-0.39, 0.29) is 12.0 Å². The van der Waals surface area contributed by atoms with E-state index in [4.69, 9.17) is 9.47 Å². The first kappa shape index (κ1) is 13.8. The number of rotatable bonds is 5. The molecule has 0 aromatic rings. The molecule has 1 aliphatic carbocycles. The fourth-order valence-electron chi connectivity index (χ4n) is 2.81. The highest BCUT2D eigenvalue weighted by Crippen LogP contribution is 2.28. The molecule has 4 nitrogen and oxygen atoms in total. The zero-order valence-electron chi connectivity index (χ0n) is 11.5. The Hall–Kier alpha value is -0.610. The second-order valence-electron chi connectivity index (χ2n) is 5.94. The summed E-state index contributed by atoms with van der Waals surface area (Å²) in [4.78, 5) is 11.7. The van der Waals surface area contributed by atoms with E-state index < -0.39 is 5.79 Å². The van der Waals surface area contributed by atoms with Crippen LogP contribution in [-0.2, 0) is 14.3 Å². The summed E-state index contributed by atoms with van der Waals surface area (Å²) in [5, 5.41) is 2.94. The van der Waals surface area contributed by atoms with Crippen LogP contribution in [-0.4, -0.2) is 30.9 Å². The maximum atomic E-state index is 11.7. The molecule has 1 unspecified atom stereocenters. The zero-order valence-corrected chi connectivity index (χ0v) is 11.5. The average molecular weight is 255 g/mol. The largest absolute Gasteiger partial charge is 0.353 e. The summed E-state index contributed by atoms with van der Waals surface area (Å²) in [5.41, 5.74) is 0. The van der Waals surface area contributed by atoms with Crippen molar-refractivity contribution in [2.75, 3.05) is 13.2 Å². The molecule has 4 heteroatoms. The Bertz CT molecular complexity index is 285. The standard InChI is InChI=1S/C14H25NO3/c1-14(2)17-10-12(18-14)9-15-13(16)8-7-11-5-3-4-6-11/h11-12H,3-10H2,1-2H3,(H,15,16). The smallest absolute Gasteiger partial charge is 0.220 e. The zero-order chi connectivity index (χ0) is 13.0. The van der Waals surface area contributed by atoms with Crippen LogP contribution in [0.3, 0.4) is 0 Å². The highest BCUT2D eigenvalue weighted by molar-refractivity contribution is 5.75. The van der Waals surface area contributed by atoms with E-state index in [1.54, 1.807) is 0 Å². The van der Waals surface area contributed by atoms with Crippen molar-refractivity contribution in [1.82, 2.24) is 5.32 Å². The summed E-state index contributed by atoms with van der Waals surface area (Å²) in [5.74, 6) is 0.426. The first-order valence-electron chi connectivity index (χ1n) is 7.14. The normalized spacial score (nSPS) is 27.6. The summed E-state index contributed by atoms with van der Waals surface area (Å²) >= 11 is 0. The van der Waals surface area contributed by atoms with Crippen LogP contribution in [0.25, 0.3) is 0 Å². The van der Waals surface area contributed by atoms with Gasteiger partial charge in [0, 0.05) is 13.0 Å². The number of carbonyl (C=O) groups is 1. The van der Waals surface area contributed by atoms with Gasteiger partial charge in [0.1, 0.15) is 6.10 Å². The average Bonchev–Trinajstić information content (AvgIpc) is 2.93. The maximum absolute atomic E-state index is 11.7. The molecular weight excluding hydrogens is 230 g/mol. The molecule has 104 valence electrons. The molecule has 1 heterocycles. The van der Waals surface area contributed by atoms with E-state index in [0.29, 0.717) is 19.6 Å². The van der Waals surface area contributed by atoms with Gasteiger partial charge in [-0.05, 0) is 26.2 Å². The van der Waals surface area contributed by atoms with Crippen molar-refractivity contribution < 1.29 is 14.3 Å². The van der Waals surface area contributed by atoms with Gasteiger partial charge in [0.15, 0.2) is 5.79 Å². The maximum Gasteiger partial charge on any atom is 0.220 e. The first-order valence-corrected chi connectivity index (χ1v) is 7.14. The van der Waals surface area contributed by atoms with Gasteiger partial charge in [0.25, 0.3) is 0 Å². The molecule has 2 rings (SSSR count). The van der Waals surface area contributed by atoms with Crippen LogP contribution in [0.2, 0.25) is 0 Å². The Morgan fingerprint density at radius 1 is 1.33 bits per heavy atom. The van der Waals surface area contributed by atoms with E-state index in [1.165, 1.54) is 25.7 Å². The Balaban J connectivity index is 1.57. The Labute approximate surface area is 109 Å². The van der Waals surface area contributed by atoms with Gasteiger partial charge < -0.3 is 14.8 Å². The van der Waals surface area contributed by atoms with E-state index in [1.807, 2.05) is 13.8 Å². The summed E-state index contributed by atoms with van der Waals surface area (Å²) in [6.07, 6.45) is 6.99. The summed E-state index contributed by atoms with van der Waals surface area (Å²) in [6, 6.07) is 0. The lowest BCUT2D eigenvalue weighted by Crippen LogP contribution is -2.34. The molecule has 18 heavy (non-hydrogen) atoms. The SMILES string of the molecule is CC1(C)OCC(CNC(=O)CCC2CCCC2)O1. The molecule has 2 aliphatic rings. The van der Waals surface area contributed by atoms with Crippen LogP contribution in [0, 0.1) is 5.92 Å². The summed E-state index contributed by atoms with van der Waals surface area (Å²) < 4.78 is 11.1. The van der Waals surface area contributed by atoms with E-state index >= 15 is 0 Å². The molecule has 1 saturated heterocycles. The van der Waals surface area contributed by atoms with Crippen LogP contribution >= 0.6 is 0 Å². The number of nitrogens with one attached hydrogen (secondary N) is 1. The van der Waals surface area contributed by atoms with Gasteiger partial charge >= 0.3 is 0 Å². The Morgan fingerprint density at radius 3 is 2.67 bits per heavy atom. The second-order valence-corrected chi connectivity index (χ2v) is 5.94. The quantitative estimate of drug-likeness (QED) is 0.819. The van der Waals surface area contributed by atoms with Gasteiger partial charge in [-0.3, -0.25) is 4.79 Å². The van der Waals surface area contributed by atoms with Crippen molar-refractivity contribution in [2.24, 2.45) is 5.92 Å².